The molecule has 1 saturated heterocycles. The van der Waals surface area contributed by atoms with Crippen molar-refractivity contribution >= 4 is 17.9 Å². The van der Waals surface area contributed by atoms with Gasteiger partial charge in [-0.25, -0.2) is 9.59 Å². The number of piperidine rings is 1. The van der Waals surface area contributed by atoms with Gasteiger partial charge >= 0.3 is 12.1 Å². The van der Waals surface area contributed by atoms with E-state index in [1.807, 2.05) is 43.3 Å². The molecule has 1 fully saturated rings. The van der Waals surface area contributed by atoms with E-state index >= 15 is 0 Å². The number of likely N-dealkylation sites (tertiary alicyclic amines) is 1. The molecule has 150 valence electrons. The Hall–Kier alpha value is -3.03. The Kier molecular flexibility index (Phi) is 6.52. The lowest BCUT2D eigenvalue weighted by Crippen LogP contribution is -2.44. The SMILES string of the molecule is Cc1cc(NC(=O)NCC2CCCN(C(=O)OCc3ccccc3)C2)n(C)n1. The number of aromatic nitrogens is 2. The normalized spacial score (nSPS) is 16.5. The van der Waals surface area contributed by atoms with Crippen molar-refractivity contribution in [2.45, 2.75) is 26.4 Å². The van der Waals surface area contributed by atoms with Crippen LogP contribution in [0.2, 0.25) is 0 Å². The van der Waals surface area contributed by atoms with Crippen molar-refractivity contribution in [1.82, 2.24) is 20.0 Å². The van der Waals surface area contributed by atoms with Crippen molar-refractivity contribution in [3.8, 4) is 0 Å². The topological polar surface area (TPSA) is 88.5 Å². The number of benzene rings is 1. The molecule has 1 aliphatic rings. The molecule has 1 aliphatic heterocycles. The first-order valence-corrected chi connectivity index (χ1v) is 9.52. The van der Waals surface area contributed by atoms with Gasteiger partial charge in [0.2, 0.25) is 0 Å². The second kappa shape index (κ2) is 9.25. The van der Waals surface area contributed by atoms with E-state index in [4.69, 9.17) is 4.74 Å². The first kappa shape index (κ1) is 19.7. The molecule has 1 aromatic carbocycles. The van der Waals surface area contributed by atoms with Gasteiger partial charge in [0.05, 0.1) is 5.69 Å². The van der Waals surface area contributed by atoms with E-state index in [0.29, 0.717) is 25.5 Å². The van der Waals surface area contributed by atoms with Crippen LogP contribution in [0.5, 0.6) is 0 Å². The van der Waals surface area contributed by atoms with Gasteiger partial charge in [-0.05, 0) is 31.2 Å². The Morgan fingerprint density at radius 2 is 2.07 bits per heavy atom. The number of rotatable bonds is 5. The smallest absolute Gasteiger partial charge is 0.410 e. The first-order chi connectivity index (χ1) is 13.5. The molecule has 2 aromatic rings. The van der Waals surface area contributed by atoms with Crippen molar-refractivity contribution in [1.29, 1.82) is 0 Å². The quantitative estimate of drug-likeness (QED) is 0.828. The summed E-state index contributed by atoms with van der Waals surface area (Å²) in [4.78, 5) is 26.2. The van der Waals surface area contributed by atoms with Crippen LogP contribution in [-0.4, -0.2) is 46.4 Å². The van der Waals surface area contributed by atoms with Crippen molar-refractivity contribution < 1.29 is 14.3 Å². The summed E-state index contributed by atoms with van der Waals surface area (Å²) >= 11 is 0. The average Bonchev–Trinajstić information content (AvgIpc) is 3.02. The predicted octanol–water partition coefficient (Wildman–Crippen LogP) is 2.90. The number of nitrogens with one attached hydrogen (secondary N) is 2. The van der Waals surface area contributed by atoms with E-state index < -0.39 is 0 Å². The second-order valence-corrected chi connectivity index (χ2v) is 7.12. The van der Waals surface area contributed by atoms with Crippen LogP contribution in [0.25, 0.3) is 0 Å². The minimum absolute atomic E-state index is 0.206. The van der Waals surface area contributed by atoms with Crippen LogP contribution in [0.3, 0.4) is 0 Å². The van der Waals surface area contributed by atoms with Gasteiger partial charge in [0.1, 0.15) is 12.4 Å². The van der Waals surface area contributed by atoms with Gasteiger partial charge in [0, 0.05) is 32.7 Å². The standard InChI is InChI=1S/C20H27N5O3/c1-15-11-18(24(2)23-15)22-19(26)21-12-17-9-6-10-25(13-17)20(27)28-14-16-7-4-3-5-8-16/h3-5,7-8,11,17H,6,9-10,12-14H2,1-2H3,(H2,21,22,26). The molecule has 8 heteroatoms. The molecular weight excluding hydrogens is 358 g/mol. The minimum Gasteiger partial charge on any atom is -0.445 e. The second-order valence-electron chi connectivity index (χ2n) is 7.12. The largest absolute Gasteiger partial charge is 0.445 e. The van der Waals surface area contributed by atoms with E-state index in [-0.39, 0.29) is 24.6 Å². The van der Waals surface area contributed by atoms with Gasteiger partial charge in [0.15, 0.2) is 0 Å². The zero-order valence-corrected chi connectivity index (χ0v) is 16.4. The van der Waals surface area contributed by atoms with Crippen molar-refractivity contribution in [2.75, 3.05) is 25.0 Å². The number of urea groups is 1. The molecule has 0 saturated carbocycles. The van der Waals surface area contributed by atoms with Gasteiger partial charge in [-0.3, -0.25) is 10.00 Å². The Labute approximate surface area is 164 Å². The lowest BCUT2D eigenvalue weighted by molar-refractivity contribution is 0.0793. The lowest BCUT2D eigenvalue weighted by atomic mass is 9.98. The third kappa shape index (κ3) is 5.48. The van der Waals surface area contributed by atoms with Crippen LogP contribution in [0.1, 0.15) is 24.1 Å². The molecule has 1 aromatic heterocycles. The van der Waals surface area contributed by atoms with Crippen LogP contribution in [-0.2, 0) is 18.4 Å². The highest BCUT2D eigenvalue weighted by Crippen LogP contribution is 2.17. The summed E-state index contributed by atoms with van der Waals surface area (Å²) in [5, 5.41) is 9.87. The number of anilines is 1. The Bertz CT molecular complexity index is 805. The fourth-order valence-electron chi connectivity index (χ4n) is 3.33. The van der Waals surface area contributed by atoms with Crippen molar-refractivity contribution in [3.63, 3.8) is 0 Å². The molecule has 0 spiro atoms. The molecule has 1 atom stereocenters. The number of aryl methyl sites for hydroxylation is 2. The average molecular weight is 385 g/mol. The fraction of sp³-hybridized carbons (Fsp3) is 0.450. The Balaban J connectivity index is 1.42. The summed E-state index contributed by atoms with van der Waals surface area (Å²) in [5.74, 6) is 0.849. The van der Waals surface area contributed by atoms with Crippen LogP contribution >= 0.6 is 0 Å². The first-order valence-electron chi connectivity index (χ1n) is 9.52. The van der Waals surface area contributed by atoms with E-state index in [1.54, 1.807) is 16.6 Å². The van der Waals surface area contributed by atoms with Gasteiger partial charge in [-0.15, -0.1) is 0 Å². The van der Waals surface area contributed by atoms with Crippen molar-refractivity contribution in [3.05, 3.63) is 47.7 Å². The summed E-state index contributed by atoms with van der Waals surface area (Å²) in [7, 11) is 1.78. The summed E-state index contributed by atoms with van der Waals surface area (Å²) < 4.78 is 7.04. The minimum atomic E-state index is -0.302. The maximum absolute atomic E-state index is 12.3. The summed E-state index contributed by atoms with van der Waals surface area (Å²) in [6.07, 6.45) is 1.56. The van der Waals surface area contributed by atoms with Gasteiger partial charge in [-0.1, -0.05) is 30.3 Å². The highest BCUT2D eigenvalue weighted by Gasteiger charge is 2.25. The third-order valence-electron chi connectivity index (χ3n) is 4.78. The zero-order chi connectivity index (χ0) is 19.9. The van der Waals surface area contributed by atoms with Crippen LogP contribution in [0.4, 0.5) is 15.4 Å². The van der Waals surface area contributed by atoms with Gasteiger partial charge in [-0.2, -0.15) is 5.10 Å². The van der Waals surface area contributed by atoms with Crippen LogP contribution < -0.4 is 10.6 Å². The molecule has 8 nitrogen and oxygen atoms in total. The number of hydrogen-bond donors (Lipinski definition) is 2. The van der Waals surface area contributed by atoms with E-state index in [2.05, 4.69) is 15.7 Å². The van der Waals surface area contributed by atoms with Crippen molar-refractivity contribution in [2.24, 2.45) is 13.0 Å². The molecular formula is C20H27N5O3. The lowest BCUT2D eigenvalue weighted by Gasteiger charge is -2.32. The predicted molar refractivity (Wildman–Crippen MR) is 106 cm³/mol. The fourth-order valence-corrected chi connectivity index (χ4v) is 3.33. The number of carbonyl (C=O) groups is 2. The van der Waals surface area contributed by atoms with Gasteiger partial charge < -0.3 is 15.0 Å². The maximum Gasteiger partial charge on any atom is 0.410 e. The highest BCUT2D eigenvalue weighted by atomic mass is 16.6. The molecule has 0 aliphatic carbocycles. The van der Waals surface area contributed by atoms with E-state index in [0.717, 1.165) is 24.1 Å². The highest BCUT2D eigenvalue weighted by molar-refractivity contribution is 5.88. The molecule has 3 amide bonds. The molecule has 2 heterocycles. The molecule has 3 rings (SSSR count). The number of hydrogen-bond acceptors (Lipinski definition) is 4. The Morgan fingerprint density at radius 3 is 2.79 bits per heavy atom. The molecule has 1 unspecified atom stereocenters. The van der Waals surface area contributed by atoms with Crippen LogP contribution in [0.15, 0.2) is 36.4 Å². The molecule has 2 N–H and O–H groups in total. The summed E-state index contributed by atoms with van der Waals surface area (Å²) in [6, 6.07) is 11.2. The number of nitrogens with zero attached hydrogens (tertiary/aromatic N) is 3. The number of amides is 3. The molecule has 0 radical (unpaired) electrons. The zero-order valence-electron chi connectivity index (χ0n) is 16.4. The van der Waals surface area contributed by atoms with Crippen LogP contribution in [0, 0.1) is 12.8 Å². The van der Waals surface area contributed by atoms with E-state index in [1.165, 1.54) is 0 Å². The molecule has 0 bridgehead atoms. The third-order valence-corrected chi connectivity index (χ3v) is 4.78. The summed E-state index contributed by atoms with van der Waals surface area (Å²) in [5.41, 5.74) is 1.81. The van der Waals surface area contributed by atoms with Gasteiger partial charge in [0.25, 0.3) is 0 Å². The number of ether oxygens (including phenoxy) is 1. The maximum atomic E-state index is 12.3. The monoisotopic (exact) mass is 385 g/mol. The molecule has 28 heavy (non-hydrogen) atoms. The number of carbonyl (C=O) groups excluding carboxylic acids is 2. The van der Waals surface area contributed by atoms with E-state index in [9.17, 15) is 9.59 Å². The summed E-state index contributed by atoms with van der Waals surface area (Å²) in [6.45, 7) is 3.91. The Morgan fingerprint density at radius 1 is 1.29 bits per heavy atom.